The van der Waals surface area contributed by atoms with Crippen LogP contribution in [0.25, 0.3) is 0 Å². The van der Waals surface area contributed by atoms with Crippen molar-refractivity contribution in [2.75, 3.05) is 0 Å². The first-order valence-corrected chi connectivity index (χ1v) is 4.34. The summed E-state index contributed by atoms with van der Waals surface area (Å²) < 4.78 is 0. The number of terminal acetylenes is 1. The van der Waals surface area contributed by atoms with Gasteiger partial charge in [0.05, 0.1) is 0 Å². The van der Waals surface area contributed by atoms with Gasteiger partial charge in [-0.1, -0.05) is 24.1 Å². The van der Waals surface area contributed by atoms with E-state index in [4.69, 9.17) is 6.42 Å². The predicted molar refractivity (Wildman–Crippen MR) is 54.5 cm³/mol. The number of hydrogen-bond acceptors (Lipinski definition) is 1. The Bertz CT molecular complexity index is 333. The lowest BCUT2D eigenvalue weighted by atomic mass is 10.0. The third-order valence-corrected chi connectivity index (χ3v) is 2.19. The average Bonchev–Trinajstić information content (AvgIpc) is 2.11. The van der Waals surface area contributed by atoms with Crippen molar-refractivity contribution >= 4 is 0 Å². The van der Waals surface area contributed by atoms with E-state index >= 15 is 0 Å². The van der Waals surface area contributed by atoms with Crippen molar-refractivity contribution in [1.29, 1.82) is 0 Å². The van der Waals surface area contributed by atoms with Crippen LogP contribution in [-0.4, -0.2) is 11.2 Å². The maximum Gasteiger partial charge on any atom is 0.118 e. The van der Waals surface area contributed by atoms with Crippen molar-refractivity contribution in [3.63, 3.8) is 0 Å². The van der Waals surface area contributed by atoms with Crippen LogP contribution in [0, 0.1) is 26.2 Å². The van der Waals surface area contributed by atoms with E-state index in [-0.39, 0.29) is 0 Å². The molecule has 1 nitrogen and oxygen atoms in total. The number of rotatable bonds is 2. The molecule has 0 saturated heterocycles. The Labute approximate surface area is 79.4 Å². The highest BCUT2D eigenvalue weighted by Gasteiger charge is 2.01. The topological polar surface area (TPSA) is 20.2 Å². The standard InChI is InChI=1S/C12H14O/c1-4-12(13)8-11-6-5-9(2)10(3)7-11/h1,5-7,12-13H,8H2,2-3H3. The number of aryl methyl sites for hydroxylation is 2. The maximum atomic E-state index is 9.24. The fraction of sp³-hybridized carbons (Fsp3) is 0.333. The molecule has 68 valence electrons. The molecule has 1 aromatic carbocycles. The van der Waals surface area contributed by atoms with Gasteiger partial charge < -0.3 is 5.11 Å². The Hall–Kier alpha value is -1.26. The molecular formula is C12H14O. The molecule has 0 bridgehead atoms. The third-order valence-electron chi connectivity index (χ3n) is 2.19. The first kappa shape index (κ1) is 9.83. The normalized spacial score (nSPS) is 12.2. The van der Waals surface area contributed by atoms with Crippen LogP contribution in [-0.2, 0) is 6.42 Å². The lowest BCUT2D eigenvalue weighted by molar-refractivity contribution is 0.233. The predicted octanol–water partition coefficient (Wildman–Crippen LogP) is 1.84. The summed E-state index contributed by atoms with van der Waals surface area (Å²) in [7, 11) is 0. The molecular weight excluding hydrogens is 160 g/mol. The van der Waals surface area contributed by atoms with Crippen molar-refractivity contribution in [3.8, 4) is 12.3 Å². The molecule has 0 saturated carbocycles. The van der Waals surface area contributed by atoms with E-state index in [1.165, 1.54) is 11.1 Å². The molecule has 0 heterocycles. The summed E-state index contributed by atoms with van der Waals surface area (Å²) in [5, 5.41) is 9.24. The van der Waals surface area contributed by atoms with Crippen molar-refractivity contribution < 1.29 is 5.11 Å². The largest absolute Gasteiger partial charge is 0.380 e. The average molecular weight is 174 g/mol. The van der Waals surface area contributed by atoms with E-state index in [0.717, 1.165) is 5.56 Å². The Morgan fingerprint density at radius 1 is 1.38 bits per heavy atom. The van der Waals surface area contributed by atoms with E-state index in [1.807, 2.05) is 12.1 Å². The maximum absolute atomic E-state index is 9.24. The lowest BCUT2D eigenvalue weighted by Gasteiger charge is -2.06. The summed E-state index contributed by atoms with van der Waals surface area (Å²) >= 11 is 0. The number of aliphatic hydroxyl groups excluding tert-OH is 1. The van der Waals surface area contributed by atoms with E-state index in [9.17, 15) is 5.11 Å². The summed E-state index contributed by atoms with van der Waals surface area (Å²) in [6.07, 6.45) is 4.96. The van der Waals surface area contributed by atoms with Gasteiger partial charge in [-0.05, 0) is 30.5 Å². The smallest absolute Gasteiger partial charge is 0.118 e. The first-order chi connectivity index (χ1) is 6.13. The highest BCUT2D eigenvalue weighted by Crippen LogP contribution is 2.11. The van der Waals surface area contributed by atoms with Gasteiger partial charge in [0.15, 0.2) is 0 Å². The van der Waals surface area contributed by atoms with Crippen LogP contribution in [0.4, 0.5) is 0 Å². The Morgan fingerprint density at radius 3 is 2.62 bits per heavy atom. The van der Waals surface area contributed by atoms with Crippen molar-refractivity contribution in [2.24, 2.45) is 0 Å². The van der Waals surface area contributed by atoms with Gasteiger partial charge in [-0.3, -0.25) is 0 Å². The fourth-order valence-corrected chi connectivity index (χ4v) is 1.21. The minimum atomic E-state index is -0.665. The second-order valence-corrected chi connectivity index (χ2v) is 3.31. The molecule has 1 N–H and O–H groups in total. The van der Waals surface area contributed by atoms with Gasteiger partial charge in [-0.25, -0.2) is 0 Å². The van der Waals surface area contributed by atoms with Crippen molar-refractivity contribution in [3.05, 3.63) is 34.9 Å². The highest BCUT2D eigenvalue weighted by atomic mass is 16.3. The zero-order chi connectivity index (χ0) is 9.84. The molecule has 1 unspecified atom stereocenters. The van der Waals surface area contributed by atoms with Crippen LogP contribution in [0.2, 0.25) is 0 Å². The molecule has 0 aliphatic heterocycles. The fourth-order valence-electron chi connectivity index (χ4n) is 1.21. The van der Waals surface area contributed by atoms with E-state index in [2.05, 4.69) is 25.8 Å². The minimum absolute atomic E-state index is 0.539. The van der Waals surface area contributed by atoms with Gasteiger partial charge in [-0.2, -0.15) is 0 Å². The Kier molecular flexibility index (Phi) is 3.11. The molecule has 0 spiro atoms. The van der Waals surface area contributed by atoms with Crippen LogP contribution < -0.4 is 0 Å². The quantitative estimate of drug-likeness (QED) is 0.678. The number of aliphatic hydroxyl groups is 1. The lowest BCUT2D eigenvalue weighted by Crippen LogP contribution is -2.06. The molecule has 0 aliphatic rings. The highest BCUT2D eigenvalue weighted by molar-refractivity contribution is 5.30. The molecule has 0 aromatic heterocycles. The summed E-state index contributed by atoms with van der Waals surface area (Å²) in [4.78, 5) is 0. The molecule has 0 amide bonds. The van der Waals surface area contributed by atoms with Gasteiger partial charge in [0, 0.05) is 6.42 Å². The van der Waals surface area contributed by atoms with Gasteiger partial charge in [-0.15, -0.1) is 6.42 Å². The molecule has 13 heavy (non-hydrogen) atoms. The number of hydrogen-bond donors (Lipinski definition) is 1. The van der Waals surface area contributed by atoms with E-state index < -0.39 is 6.10 Å². The van der Waals surface area contributed by atoms with Crippen LogP contribution in [0.15, 0.2) is 18.2 Å². The third kappa shape index (κ3) is 2.61. The summed E-state index contributed by atoms with van der Waals surface area (Å²) in [6.45, 7) is 4.12. The van der Waals surface area contributed by atoms with Gasteiger partial charge in [0.25, 0.3) is 0 Å². The van der Waals surface area contributed by atoms with Crippen LogP contribution in [0.5, 0.6) is 0 Å². The van der Waals surface area contributed by atoms with Gasteiger partial charge in [0.2, 0.25) is 0 Å². The molecule has 1 aromatic rings. The van der Waals surface area contributed by atoms with Crippen LogP contribution in [0.3, 0.4) is 0 Å². The molecule has 0 radical (unpaired) electrons. The number of benzene rings is 1. The SMILES string of the molecule is C#CC(O)Cc1ccc(C)c(C)c1. The van der Waals surface area contributed by atoms with E-state index in [0.29, 0.717) is 6.42 Å². The van der Waals surface area contributed by atoms with Gasteiger partial charge in [0.1, 0.15) is 6.10 Å². The Balaban J connectivity index is 2.81. The summed E-state index contributed by atoms with van der Waals surface area (Å²) in [6, 6.07) is 6.12. The van der Waals surface area contributed by atoms with Crippen molar-refractivity contribution in [2.45, 2.75) is 26.4 Å². The van der Waals surface area contributed by atoms with Crippen LogP contribution >= 0.6 is 0 Å². The van der Waals surface area contributed by atoms with Gasteiger partial charge >= 0.3 is 0 Å². The minimum Gasteiger partial charge on any atom is -0.380 e. The van der Waals surface area contributed by atoms with Crippen LogP contribution in [0.1, 0.15) is 16.7 Å². The molecule has 1 heteroatoms. The molecule has 0 fully saturated rings. The zero-order valence-corrected chi connectivity index (χ0v) is 8.04. The molecule has 1 atom stereocenters. The second-order valence-electron chi connectivity index (χ2n) is 3.31. The van der Waals surface area contributed by atoms with Crippen molar-refractivity contribution in [1.82, 2.24) is 0 Å². The first-order valence-electron chi connectivity index (χ1n) is 4.34. The second kappa shape index (κ2) is 4.11. The monoisotopic (exact) mass is 174 g/mol. The van der Waals surface area contributed by atoms with E-state index in [1.54, 1.807) is 0 Å². The molecule has 0 aliphatic carbocycles. The zero-order valence-electron chi connectivity index (χ0n) is 8.04. The summed E-state index contributed by atoms with van der Waals surface area (Å²) in [5.74, 6) is 2.30. The Morgan fingerprint density at radius 2 is 2.08 bits per heavy atom. The summed E-state index contributed by atoms with van der Waals surface area (Å²) in [5.41, 5.74) is 3.59. The molecule has 1 rings (SSSR count).